The molecule has 30 heavy (non-hydrogen) atoms. The number of benzene rings is 1. The molecule has 0 radical (unpaired) electrons. The lowest BCUT2D eigenvalue weighted by atomic mass is 9.77. The third kappa shape index (κ3) is 3.68. The maximum atomic E-state index is 13.0. The van der Waals surface area contributed by atoms with Crippen LogP contribution in [0.3, 0.4) is 0 Å². The summed E-state index contributed by atoms with van der Waals surface area (Å²) in [7, 11) is 0. The van der Waals surface area contributed by atoms with Crippen LogP contribution in [0.1, 0.15) is 64.5 Å². The first-order valence-corrected chi connectivity index (χ1v) is 10.0. The molecule has 1 aromatic heterocycles. The van der Waals surface area contributed by atoms with E-state index < -0.39 is 6.55 Å². The quantitative estimate of drug-likeness (QED) is 0.715. The zero-order chi connectivity index (χ0) is 21.4. The first kappa shape index (κ1) is 20.4. The Morgan fingerprint density at radius 1 is 1.33 bits per heavy atom. The monoisotopic (exact) mass is 414 g/mol. The van der Waals surface area contributed by atoms with Gasteiger partial charge in [-0.15, -0.1) is 0 Å². The van der Waals surface area contributed by atoms with Crippen molar-refractivity contribution in [3.63, 3.8) is 0 Å². The zero-order valence-electron chi connectivity index (χ0n) is 16.8. The number of alkyl halides is 2. The van der Waals surface area contributed by atoms with Gasteiger partial charge in [0, 0.05) is 29.4 Å². The molecule has 9 heteroatoms. The van der Waals surface area contributed by atoms with Crippen LogP contribution in [-0.2, 0) is 0 Å². The van der Waals surface area contributed by atoms with E-state index in [2.05, 4.69) is 27.3 Å². The molecule has 4 atom stereocenters. The van der Waals surface area contributed by atoms with Crippen molar-refractivity contribution in [1.29, 1.82) is 5.26 Å². The summed E-state index contributed by atoms with van der Waals surface area (Å²) in [6, 6.07) is 5.68. The SMILES string of the molecule is Cc1ccc(C#N)c(C)c1C(=O)NC1CCC2NNC(c3cnn(C(F)F)c3)C2C1. The molecule has 2 aromatic rings. The highest BCUT2D eigenvalue weighted by atomic mass is 19.3. The van der Waals surface area contributed by atoms with Gasteiger partial charge >= 0.3 is 6.55 Å². The number of hydrogen-bond acceptors (Lipinski definition) is 5. The average Bonchev–Trinajstić information content (AvgIpc) is 3.35. The van der Waals surface area contributed by atoms with Crippen molar-refractivity contribution in [1.82, 2.24) is 25.9 Å². The molecule has 1 aliphatic carbocycles. The van der Waals surface area contributed by atoms with E-state index in [9.17, 15) is 18.8 Å². The summed E-state index contributed by atoms with van der Waals surface area (Å²) < 4.78 is 26.4. The average molecular weight is 414 g/mol. The van der Waals surface area contributed by atoms with Crippen LogP contribution >= 0.6 is 0 Å². The predicted octanol–water partition coefficient (Wildman–Crippen LogP) is 2.88. The van der Waals surface area contributed by atoms with Gasteiger partial charge in [0.05, 0.1) is 23.9 Å². The minimum absolute atomic E-state index is 0.0300. The van der Waals surface area contributed by atoms with Crippen molar-refractivity contribution < 1.29 is 13.6 Å². The Balaban J connectivity index is 1.49. The normalized spacial score (nSPS) is 25.7. The van der Waals surface area contributed by atoms with Gasteiger partial charge in [0.15, 0.2) is 0 Å². The van der Waals surface area contributed by atoms with Gasteiger partial charge in [-0.25, -0.2) is 10.1 Å². The first-order valence-electron chi connectivity index (χ1n) is 10.0. The van der Waals surface area contributed by atoms with Crippen molar-refractivity contribution >= 4 is 5.91 Å². The van der Waals surface area contributed by atoms with Gasteiger partial charge in [-0.3, -0.25) is 10.2 Å². The van der Waals surface area contributed by atoms with Crippen LogP contribution in [0.25, 0.3) is 0 Å². The van der Waals surface area contributed by atoms with E-state index in [1.807, 2.05) is 6.92 Å². The molecular weight excluding hydrogens is 390 g/mol. The van der Waals surface area contributed by atoms with E-state index in [-0.39, 0.29) is 30.0 Å². The van der Waals surface area contributed by atoms with E-state index in [0.29, 0.717) is 26.9 Å². The zero-order valence-corrected chi connectivity index (χ0v) is 16.8. The lowest BCUT2D eigenvalue weighted by Crippen LogP contribution is -2.44. The predicted molar refractivity (Wildman–Crippen MR) is 106 cm³/mol. The second-order valence-electron chi connectivity index (χ2n) is 8.09. The van der Waals surface area contributed by atoms with Crippen LogP contribution in [0.2, 0.25) is 0 Å². The number of halogens is 2. The standard InChI is InChI=1S/C21H24F2N6O/c1-11-3-4-13(8-24)12(2)18(11)20(30)26-15-5-6-17-16(7-15)19(28-27-17)14-9-25-29(10-14)21(22)23/h3-4,9-10,15-17,19,21,27-28H,5-7H2,1-2H3,(H,26,30). The van der Waals surface area contributed by atoms with Crippen molar-refractivity contribution in [2.45, 2.75) is 57.8 Å². The van der Waals surface area contributed by atoms with E-state index in [1.165, 1.54) is 12.4 Å². The lowest BCUT2D eigenvalue weighted by Gasteiger charge is -2.33. The fourth-order valence-electron chi connectivity index (χ4n) is 4.71. The number of aromatic nitrogens is 2. The van der Waals surface area contributed by atoms with Gasteiger partial charge in [0.2, 0.25) is 0 Å². The molecule has 0 spiro atoms. The number of carbonyl (C=O) groups is 1. The van der Waals surface area contributed by atoms with Gasteiger partial charge in [-0.05, 0) is 56.2 Å². The summed E-state index contributed by atoms with van der Waals surface area (Å²) >= 11 is 0. The maximum Gasteiger partial charge on any atom is 0.333 e. The first-order chi connectivity index (χ1) is 14.4. The van der Waals surface area contributed by atoms with E-state index >= 15 is 0 Å². The Morgan fingerprint density at radius 3 is 2.83 bits per heavy atom. The Hall–Kier alpha value is -2.83. The summed E-state index contributed by atoms with van der Waals surface area (Å²) in [4.78, 5) is 13.0. The van der Waals surface area contributed by atoms with Crippen molar-refractivity contribution in [2.75, 3.05) is 0 Å². The van der Waals surface area contributed by atoms with Crippen LogP contribution in [0.15, 0.2) is 24.5 Å². The number of hydrazine groups is 1. The van der Waals surface area contributed by atoms with Crippen molar-refractivity contribution in [2.24, 2.45) is 5.92 Å². The van der Waals surface area contributed by atoms with Gasteiger partial charge in [0.25, 0.3) is 5.91 Å². The molecule has 1 aromatic carbocycles. The molecule has 2 fully saturated rings. The Bertz CT molecular complexity index is 998. The number of hydrogen-bond donors (Lipinski definition) is 3. The lowest BCUT2D eigenvalue weighted by molar-refractivity contribution is 0.0564. The number of amides is 1. The summed E-state index contributed by atoms with van der Waals surface area (Å²) in [5.41, 5.74) is 9.74. The van der Waals surface area contributed by atoms with Gasteiger partial charge in [-0.2, -0.15) is 19.1 Å². The van der Waals surface area contributed by atoms with Gasteiger partial charge in [0.1, 0.15) is 0 Å². The summed E-state index contributed by atoms with van der Waals surface area (Å²) in [5.74, 6) is -0.0291. The minimum atomic E-state index is -2.67. The molecule has 3 N–H and O–H groups in total. The second-order valence-corrected chi connectivity index (χ2v) is 8.09. The van der Waals surface area contributed by atoms with Gasteiger partial charge < -0.3 is 5.32 Å². The molecule has 1 aliphatic heterocycles. The highest BCUT2D eigenvalue weighted by Crippen LogP contribution is 2.38. The van der Waals surface area contributed by atoms with Crippen LogP contribution in [0.4, 0.5) is 8.78 Å². The number of aryl methyl sites for hydroxylation is 1. The molecule has 1 saturated carbocycles. The number of nitriles is 1. The molecule has 0 bridgehead atoms. The van der Waals surface area contributed by atoms with E-state index in [1.54, 1.807) is 19.1 Å². The van der Waals surface area contributed by atoms with Crippen molar-refractivity contribution in [3.8, 4) is 6.07 Å². The third-order valence-corrected chi connectivity index (χ3v) is 6.29. The maximum absolute atomic E-state index is 13.0. The molecule has 7 nitrogen and oxygen atoms in total. The fraction of sp³-hybridized carbons (Fsp3) is 0.476. The topological polar surface area (TPSA) is 94.8 Å². The Labute approximate surface area is 173 Å². The van der Waals surface area contributed by atoms with Crippen LogP contribution < -0.4 is 16.2 Å². The Morgan fingerprint density at radius 2 is 2.13 bits per heavy atom. The highest BCUT2D eigenvalue weighted by molar-refractivity contribution is 5.97. The number of nitrogens with one attached hydrogen (secondary N) is 3. The summed E-state index contributed by atoms with van der Waals surface area (Å²) in [5, 5.41) is 16.1. The fourth-order valence-corrected chi connectivity index (χ4v) is 4.71. The molecule has 4 rings (SSSR count). The van der Waals surface area contributed by atoms with Crippen LogP contribution in [0, 0.1) is 31.1 Å². The Kier molecular flexibility index (Phi) is 5.54. The minimum Gasteiger partial charge on any atom is -0.349 e. The number of fused-ring (bicyclic) bond motifs is 1. The van der Waals surface area contributed by atoms with Gasteiger partial charge in [-0.1, -0.05) is 6.07 Å². The smallest absolute Gasteiger partial charge is 0.333 e. The van der Waals surface area contributed by atoms with Crippen molar-refractivity contribution in [3.05, 3.63) is 52.3 Å². The molecule has 4 unspecified atom stereocenters. The second kappa shape index (κ2) is 8.13. The molecule has 2 heterocycles. The molecular formula is C21H24F2N6O. The van der Waals surface area contributed by atoms with Crippen LogP contribution in [-0.4, -0.2) is 27.8 Å². The third-order valence-electron chi connectivity index (χ3n) is 6.29. The summed E-state index contributed by atoms with van der Waals surface area (Å²) in [6.45, 7) is 0.985. The van der Waals surface area contributed by atoms with E-state index in [4.69, 9.17) is 0 Å². The largest absolute Gasteiger partial charge is 0.349 e. The summed E-state index contributed by atoms with van der Waals surface area (Å²) in [6.07, 6.45) is 5.24. The molecule has 1 amide bonds. The molecule has 158 valence electrons. The van der Waals surface area contributed by atoms with E-state index in [0.717, 1.165) is 24.8 Å². The number of nitrogens with zero attached hydrogens (tertiary/aromatic N) is 3. The van der Waals surface area contributed by atoms with Crippen LogP contribution in [0.5, 0.6) is 0 Å². The molecule has 1 saturated heterocycles. The number of carbonyl (C=O) groups excluding carboxylic acids is 1. The number of rotatable bonds is 4. The highest BCUT2D eigenvalue weighted by Gasteiger charge is 2.42. The molecule has 2 aliphatic rings.